The number of benzene rings is 2. The summed E-state index contributed by atoms with van der Waals surface area (Å²) < 4.78 is 26.7. The van der Waals surface area contributed by atoms with Gasteiger partial charge in [-0.1, -0.05) is 24.3 Å². The number of carbonyl (C=O) groups excluding carboxylic acids is 1. The van der Waals surface area contributed by atoms with E-state index in [-0.39, 0.29) is 18.3 Å². The number of morpholine rings is 1. The first kappa shape index (κ1) is 22.0. The van der Waals surface area contributed by atoms with Crippen molar-refractivity contribution in [1.82, 2.24) is 14.5 Å². The molecule has 2 aromatic carbocycles. The van der Waals surface area contributed by atoms with Gasteiger partial charge in [-0.05, 0) is 54.8 Å². The van der Waals surface area contributed by atoms with Crippen LogP contribution in [-0.2, 0) is 15.1 Å². The smallest absolute Gasteiger partial charge is 0.255 e. The Kier molecular flexibility index (Phi) is 5.75. The van der Waals surface area contributed by atoms with Crippen LogP contribution in [0, 0.1) is 12.7 Å². The molecular weight excluding hydrogens is 435 g/mol. The van der Waals surface area contributed by atoms with Crippen molar-refractivity contribution in [1.29, 1.82) is 0 Å². The van der Waals surface area contributed by atoms with Gasteiger partial charge in [0, 0.05) is 12.7 Å². The molecule has 1 saturated heterocycles. The Labute approximate surface area is 197 Å². The number of fused-ring (bicyclic) bond motifs is 1. The zero-order valence-electron chi connectivity index (χ0n) is 19.1. The minimum atomic E-state index is -0.703. The number of carbonyl (C=O) groups is 1. The molecule has 7 nitrogen and oxygen atoms in total. The van der Waals surface area contributed by atoms with Gasteiger partial charge in [0.1, 0.15) is 24.0 Å². The number of methoxy groups -OCH3 is 1. The van der Waals surface area contributed by atoms with Crippen molar-refractivity contribution < 1.29 is 18.7 Å². The zero-order valence-corrected chi connectivity index (χ0v) is 19.1. The Hall–Kier alpha value is -3.78. The van der Waals surface area contributed by atoms with Gasteiger partial charge in [-0.15, -0.1) is 0 Å². The zero-order chi connectivity index (χ0) is 23.7. The lowest BCUT2D eigenvalue weighted by Crippen LogP contribution is -2.61. The van der Waals surface area contributed by atoms with Crippen LogP contribution < -0.4 is 4.74 Å². The third-order valence-corrected chi connectivity index (χ3v) is 6.27. The largest absolute Gasteiger partial charge is 0.495 e. The van der Waals surface area contributed by atoms with Crippen molar-refractivity contribution in [2.75, 3.05) is 26.9 Å². The molecule has 0 N–H and O–H groups in total. The molecule has 0 bridgehead atoms. The van der Waals surface area contributed by atoms with Crippen LogP contribution in [0.4, 0.5) is 4.39 Å². The molecule has 174 valence electrons. The number of nitrogens with zero attached hydrogens (tertiary/aromatic N) is 4. The van der Waals surface area contributed by atoms with E-state index in [0.717, 1.165) is 22.5 Å². The molecule has 5 rings (SSSR count). The van der Waals surface area contributed by atoms with Gasteiger partial charge in [0.05, 0.1) is 37.0 Å². The third-order valence-electron chi connectivity index (χ3n) is 6.27. The molecule has 3 aromatic rings. The molecule has 1 amide bonds. The molecule has 1 unspecified atom stereocenters. The maximum atomic E-state index is 13.6. The molecule has 3 heterocycles. The van der Waals surface area contributed by atoms with Crippen LogP contribution in [0.25, 0.3) is 11.8 Å². The Balaban J connectivity index is 1.47. The van der Waals surface area contributed by atoms with Gasteiger partial charge in [0.2, 0.25) is 0 Å². The summed E-state index contributed by atoms with van der Waals surface area (Å²) in [6, 6.07) is 12.1. The van der Waals surface area contributed by atoms with Crippen LogP contribution in [0.15, 0.2) is 66.1 Å². The highest BCUT2D eigenvalue weighted by molar-refractivity contribution is 6.08. The molecule has 2 aliphatic heterocycles. The van der Waals surface area contributed by atoms with Crippen molar-refractivity contribution in [3.05, 3.63) is 83.7 Å². The number of ether oxygens (including phenoxy) is 2. The molecular formula is C26H25FN4O3. The number of halogens is 1. The highest BCUT2D eigenvalue weighted by Gasteiger charge is 2.48. The molecule has 1 fully saturated rings. The second kappa shape index (κ2) is 8.87. The molecule has 8 heteroatoms. The molecule has 1 aromatic heterocycles. The standard InChI is InChI=1S/C26H25FN4O3/c1-18-14-30(17-29-18)22-9-3-19(13-23(22)33-2)4-10-24-28-12-11-26(16-34-15-25(32)31(24)26)20-5-7-21(27)8-6-20/h3-10,13-14,17H,11-12,15-16H2,1-2H3/b10-4+. The number of hydrogen-bond donors (Lipinski definition) is 0. The Bertz CT molecular complexity index is 1280. The van der Waals surface area contributed by atoms with Crippen LogP contribution in [0.3, 0.4) is 0 Å². The number of aliphatic imine (C=N–C) groups is 1. The number of rotatable bonds is 5. The topological polar surface area (TPSA) is 69.0 Å². The lowest BCUT2D eigenvalue weighted by atomic mass is 9.83. The molecule has 0 radical (unpaired) electrons. The number of amides is 1. The van der Waals surface area contributed by atoms with E-state index in [1.807, 2.05) is 48.0 Å². The van der Waals surface area contributed by atoms with Crippen LogP contribution in [0.2, 0.25) is 0 Å². The van der Waals surface area contributed by atoms with Crippen LogP contribution in [0.1, 0.15) is 23.2 Å². The van der Waals surface area contributed by atoms with Crippen LogP contribution in [0.5, 0.6) is 5.75 Å². The second-order valence-corrected chi connectivity index (χ2v) is 8.44. The van der Waals surface area contributed by atoms with E-state index < -0.39 is 5.54 Å². The van der Waals surface area contributed by atoms with Gasteiger partial charge in [0.15, 0.2) is 0 Å². The summed E-state index contributed by atoms with van der Waals surface area (Å²) in [4.78, 5) is 23.6. The van der Waals surface area contributed by atoms with Gasteiger partial charge in [0.25, 0.3) is 5.91 Å². The minimum absolute atomic E-state index is 0.0113. The third kappa shape index (κ3) is 3.90. The summed E-state index contributed by atoms with van der Waals surface area (Å²) in [6.07, 6.45) is 8.04. The monoisotopic (exact) mass is 460 g/mol. The maximum absolute atomic E-state index is 13.6. The predicted octanol–water partition coefficient (Wildman–Crippen LogP) is 3.90. The Morgan fingerprint density at radius 2 is 2.00 bits per heavy atom. The summed E-state index contributed by atoms with van der Waals surface area (Å²) >= 11 is 0. The number of imidazole rings is 1. The summed E-state index contributed by atoms with van der Waals surface area (Å²) in [5.41, 5.74) is 2.84. The molecule has 2 aliphatic rings. The highest BCUT2D eigenvalue weighted by atomic mass is 19.1. The quantitative estimate of drug-likeness (QED) is 0.579. The lowest BCUT2D eigenvalue weighted by molar-refractivity contribution is -0.151. The number of hydrogen-bond acceptors (Lipinski definition) is 5. The summed E-state index contributed by atoms with van der Waals surface area (Å²) in [6.45, 7) is 2.79. The van der Waals surface area contributed by atoms with Gasteiger partial charge in [-0.2, -0.15) is 0 Å². The average Bonchev–Trinajstić information content (AvgIpc) is 3.28. The van der Waals surface area contributed by atoms with Crippen molar-refractivity contribution in [2.45, 2.75) is 18.9 Å². The van der Waals surface area contributed by atoms with E-state index in [1.54, 1.807) is 30.5 Å². The van der Waals surface area contributed by atoms with Crippen LogP contribution in [-0.4, -0.2) is 53.1 Å². The summed E-state index contributed by atoms with van der Waals surface area (Å²) in [5, 5.41) is 0. The first-order valence-electron chi connectivity index (χ1n) is 11.1. The molecule has 0 saturated carbocycles. The Morgan fingerprint density at radius 3 is 2.74 bits per heavy atom. The van der Waals surface area contributed by atoms with Gasteiger partial charge in [-0.25, -0.2) is 9.37 Å². The summed E-state index contributed by atoms with van der Waals surface area (Å²) in [5.74, 6) is 0.787. The fourth-order valence-electron chi connectivity index (χ4n) is 4.61. The first-order valence-corrected chi connectivity index (χ1v) is 11.1. The van der Waals surface area contributed by atoms with E-state index in [4.69, 9.17) is 9.47 Å². The normalized spacial score (nSPS) is 20.4. The van der Waals surface area contributed by atoms with Gasteiger partial charge < -0.3 is 14.0 Å². The number of aromatic nitrogens is 2. The first-order chi connectivity index (χ1) is 16.5. The highest BCUT2D eigenvalue weighted by Crippen LogP contribution is 2.38. The lowest BCUT2D eigenvalue weighted by Gasteiger charge is -2.48. The predicted molar refractivity (Wildman–Crippen MR) is 127 cm³/mol. The molecule has 0 aliphatic carbocycles. The molecule has 0 spiro atoms. The van der Waals surface area contributed by atoms with E-state index in [1.165, 1.54) is 12.1 Å². The number of amidine groups is 1. The second-order valence-electron chi connectivity index (χ2n) is 8.44. The maximum Gasteiger partial charge on any atom is 0.255 e. The van der Waals surface area contributed by atoms with Gasteiger partial charge in [-0.3, -0.25) is 14.7 Å². The average molecular weight is 461 g/mol. The van der Waals surface area contributed by atoms with E-state index in [9.17, 15) is 9.18 Å². The Morgan fingerprint density at radius 1 is 1.18 bits per heavy atom. The molecule has 34 heavy (non-hydrogen) atoms. The van der Waals surface area contributed by atoms with Crippen molar-refractivity contribution in [3.63, 3.8) is 0 Å². The van der Waals surface area contributed by atoms with Gasteiger partial charge >= 0.3 is 0 Å². The van der Waals surface area contributed by atoms with E-state index in [0.29, 0.717) is 31.2 Å². The van der Waals surface area contributed by atoms with Crippen LogP contribution >= 0.6 is 0 Å². The minimum Gasteiger partial charge on any atom is -0.495 e. The fraction of sp³-hybridized carbons (Fsp3) is 0.269. The SMILES string of the molecule is COc1cc(/C=C/C2=NCCC3(c4ccc(F)cc4)COCC(=O)N23)ccc1-n1cnc(C)c1. The van der Waals surface area contributed by atoms with Crippen molar-refractivity contribution in [3.8, 4) is 11.4 Å². The van der Waals surface area contributed by atoms with E-state index >= 15 is 0 Å². The van der Waals surface area contributed by atoms with E-state index in [2.05, 4.69) is 9.98 Å². The fourth-order valence-corrected chi connectivity index (χ4v) is 4.61. The summed E-state index contributed by atoms with van der Waals surface area (Å²) in [7, 11) is 1.63. The number of aryl methyl sites for hydroxylation is 1. The van der Waals surface area contributed by atoms with Crippen molar-refractivity contribution in [2.24, 2.45) is 4.99 Å². The van der Waals surface area contributed by atoms with Crippen molar-refractivity contribution >= 4 is 17.8 Å². The molecule has 1 atom stereocenters.